The first-order valence-corrected chi connectivity index (χ1v) is 7.51. The van der Waals surface area contributed by atoms with E-state index in [0.717, 1.165) is 11.3 Å². The lowest BCUT2D eigenvalue weighted by molar-refractivity contribution is -0.133. The minimum atomic E-state index is -0.373. The summed E-state index contributed by atoms with van der Waals surface area (Å²) in [6.07, 6.45) is 1.61. The van der Waals surface area contributed by atoms with E-state index in [0.29, 0.717) is 11.4 Å². The first-order chi connectivity index (χ1) is 12.1. The zero-order chi connectivity index (χ0) is 17.6. The second-order valence-electron chi connectivity index (χ2n) is 5.28. The average Bonchev–Trinajstić information content (AvgIpc) is 3.11. The molecular formula is C17H15N5O3. The third-order valence-corrected chi connectivity index (χ3v) is 3.30. The molecule has 0 bridgehead atoms. The number of hydrogen-bond acceptors (Lipinski definition) is 6. The highest BCUT2D eigenvalue weighted by Gasteiger charge is 2.07. The summed E-state index contributed by atoms with van der Waals surface area (Å²) in [5, 5.41) is 13.6. The van der Waals surface area contributed by atoms with Crippen molar-refractivity contribution in [1.29, 1.82) is 0 Å². The Balaban J connectivity index is 1.58. The van der Waals surface area contributed by atoms with Gasteiger partial charge in [0.05, 0.1) is 12.1 Å². The summed E-state index contributed by atoms with van der Waals surface area (Å²) in [5.41, 5.74) is 2.24. The molecule has 0 fully saturated rings. The summed E-state index contributed by atoms with van der Waals surface area (Å²) in [7, 11) is 0. The van der Waals surface area contributed by atoms with Gasteiger partial charge in [0, 0.05) is 12.6 Å². The summed E-state index contributed by atoms with van der Waals surface area (Å²) in [4.78, 5) is 23.0. The highest BCUT2D eigenvalue weighted by Crippen LogP contribution is 2.16. The van der Waals surface area contributed by atoms with Gasteiger partial charge >= 0.3 is 5.97 Å². The monoisotopic (exact) mass is 337 g/mol. The van der Waals surface area contributed by atoms with E-state index < -0.39 is 0 Å². The molecule has 25 heavy (non-hydrogen) atoms. The van der Waals surface area contributed by atoms with Crippen LogP contribution in [-0.2, 0) is 16.0 Å². The minimum Gasteiger partial charge on any atom is -0.426 e. The standard InChI is InChI=1S/C17H15N5O3/c1-12(23)19-14-4-2-13(3-5-14)10-17(24)25-16-8-6-15(7-9-16)22-11-18-20-21-22/h2-9,11H,10H2,1H3,(H,19,23). The fraction of sp³-hybridized carbons (Fsp3) is 0.118. The number of rotatable bonds is 5. The average molecular weight is 337 g/mol. The summed E-state index contributed by atoms with van der Waals surface area (Å²) < 4.78 is 6.82. The maximum Gasteiger partial charge on any atom is 0.315 e. The van der Waals surface area contributed by atoms with Crippen molar-refractivity contribution < 1.29 is 14.3 Å². The number of nitrogens with one attached hydrogen (secondary N) is 1. The molecule has 8 heteroatoms. The van der Waals surface area contributed by atoms with Gasteiger partial charge in [-0.05, 0) is 52.4 Å². The Hall–Kier alpha value is -3.55. The van der Waals surface area contributed by atoms with Crippen LogP contribution in [0.5, 0.6) is 5.75 Å². The number of benzene rings is 2. The van der Waals surface area contributed by atoms with Gasteiger partial charge in [-0.2, -0.15) is 0 Å². The molecule has 8 nitrogen and oxygen atoms in total. The molecule has 0 aliphatic rings. The Labute approximate surface area is 143 Å². The fourth-order valence-electron chi connectivity index (χ4n) is 2.19. The second kappa shape index (κ2) is 7.35. The summed E-state index contributed by atoms with van der Waals surface area (Å²) in [6.45, 7) is 1.44. The summed E-state index contributed by atoms with van der Waals surface area (Å²) in [6, 6.07) is 13.9. The van der Waals surface area contributed by atoms with Crippen LogP contribution in [0.25, 0.3) is 5.69 Å². The number of hydrogen-bond donors (Lipinski definition) is 1. The first-order valence-electron chi connectivity index (χ1n) is 7.51. The third-order valence-electron chi connectivity index (χ3n) is 3.30. The van der Waals surface area contributed by atoms with Gasteiger partial charge in [-0.15, -0.1) is 5.10 Å². The molecule has 0 unspecified atom stereocenters. The van der Waals surface area contributed by atoms with Crippen LogP contribution < -0.4 is 10.1 Å². The molecule has 1 amide bonds. The maximum atomic E-state index is 12.0. The maximum absolute atomic E-state index is 12.0. The van der Waals surface area contributed by atoms with E-state index in [1.807, 2.05) is 0 Å². The van der Waals surface area contributed by atoms with Crippen molar-refractivity contribution in [1.82, 2.24) is 20.2 Å². The van der Waals surface area contributed by atoms with E-state index >= 15 is 0 Å². The van der Waals surface area contributed by atoms with Gasteiger partial charge in [0.25, 0.3) is 0 Å². The van der Waals surface area contributed by atoms with E-state index in [1.165, 1.54) is 17.9 Å². The summed E-state index contributed by atoms with van der Waals surface area (Å²) in [5.74, 6) is -0.0728. The molecule has 0 saturated carbocycles. The van der Waals surface area contributed by atoms with Crippen molar-refractivity contribution in [2.24, 2.45) is 0 Å². The van der Waals surface area contributed by atoms with E-state index in [9.17, 15) is 9.59 Å². The number of esters is 1. The smallest absolute Gasteiger partial charge is 0.315 e. The minimum absolute atomic E-state index is 0.134. The molecule has 2 aromatic carbocycles. The van der Waals surface area contributed by atoms with Crippen LogP contribution in [0.15, 0.2) is 54.9 Å². The normalized spacial score (nSPS) is 10.3. The van der Waals surface area contributed by atoms with Crippen molar-refractivity contribution in [2.75, 3.05) is 5.32 Å². The second-order valence-corrected chi connectivity index (χ2v) is 5.28. The lowest BCUT2D eigenvalue weighted by Crippen LogP contribution is -2.11. The molecule has 1 heterocycles. The zero-order valence-electron chi connectivity index (χ0n) is 13.4. The highest BCUT2D eigenvalue weighted by molar-refractivity contribution is 5.88. The lowest BCUT2D eigenvalue weighted by atomic mass is 10.1. The molecule has 0 aliphatic carbocycles. The number of carbonyl (C=O) groups excluding carboxylic acids is 2. The van der Waals surface area contributed by atoms with Gasteiger partial charge in [-0.3, -0.25) is 9.59 Å². The number of nitrogens with zero attached hydrogens (tertiary/aromatic N) is 4. The van der Waals surface area contributed by atoms with E-state index in [1.54, 1.807) is 48.5 Å². The Morgan fingerprint density at radius 2 is 1.80 bits per heavy atom. The van der Waals surface area contributed by atoms with Gasteiger partial charge in [0.1, 0.15) is 12.1 Å². The number of tetrazole rings is 1. The molecule has 0 spiro atoms. The van der Waals surface area contributed by atoms with Gasteiger partial charge in [0.15, 0.2) is 0 Å². The van der Waals surface area contributed by atoms with Gasteiger partial charge in [-0.25, -0.2) is 4.68 Å². The molecule has 126 valence electrons. The molecule has 0 radical (unpaired) electrons. The van der Waals surface area contributed by atoms with Gasteiger partial charge < -0.3 is 10.1 Å². The molecule has 0 saturated heterocycles. The van der Waals surface area contributed by atoms with Gasteiger partial charge in [0.2, 0.25) is 5.91 Å². The van der Waals surface area contributed by atoms with Crippen molar-refractivity contribution >= 4 is 17.6 Å². The quantitative estimate of drug-likeness (QED) is 0.563. The molecular weight excluding hydrogens is 322 g/mol. The summed E-state index contributed by atoms with van der Waals surface area (Å²) >= 11 is 0. The number of carbonyl (C=O) groups is 2. The predicted molar refractivity (Wildman–Crippen MR) is 89.2 cm³/mol. The number of ether oxygens (including phenoxy) is 1. The lowest BCUT2D eigenvalue weighted by Gasteiger charge is -2.07. The Bertz CT molecular complexity index is 858. The Kier molecular flexibility index (Phi) is 4.79. The van der Waals surface area contributed by atoms with Gasteiger partial charge in [-0.1, -0.05) is 12.1 Å². The Morgan fingerprint density at radius 1 is 1.08 bits per heavy atom. The van der Waals surface area contributed by atoms with E-state index in [4.69, 9.17) is 4.74 Å². The van der Waals surface area contributed by atoms with Crippen molar-refractivity contribution in [3.05, 3.63) is 60.4 Å². The SMILES string of the molecule is CC(=O)Nc1ccc(CC(=O)Oc2ccc(-n3cnnn3)cc2)cc1. The van der Waals surface area contributed by atoms with Crippen LogP contribution in [0.4, 0.5) is 5.69 Å². The zero-order valence-corrected chi connectivity index (χ0v) is 13.4. The number of amides is 1. The largest absolute Gasteiger partial charge is 0.426 e. The van der Waals surface area contributed by atoms with Crippen molar-refractivity contribution in [3.8, 4) is 11.4 Å². The van der Waals surface area contributed by atoms with Crippen LogP contribution in [0, 0.1) is 0 Å². The van der Waals surface area contributed by atoms with E-state index in [-0.39, 0.29) is 18.3 Å². The fourth-order valence-corrected chi connectivity index (χ4v) is 2.19. The van der Waals surface area contributed by atoms with Crippen LogP contribution in [0.2, 0.25) is 0 Å². The van der Waals surface area contributed by atoms with Crippen molar-refractivity contribution in [3.63, 3.8) is 0 Å². The Morgan fingerprint density at radius 3 is 2.40 bits per heavy atom. The van der Waals surface area contributed by atoms with Crippen molar-refractivity contribution in [2.45, 2.75) is 13.3 Å². The van der Waals surface area contributed by atoms with Crippen LogP contribution in [0.1, 0.15) is 12.5 Å². The molecule has 1 N–H and O–H groups in total. The molecule has 3 aromatic rings. The molecule has 3 rings (SSSR count). The first kappa shape index (κ1) is 16.3. The number of anilines is 1. The molecule has 0 atom stereocenters. The van der Waals surface area contributed by atoms with Crippen LogP contribution in [-0.4, -0.2) is 32.1 Å². The predicted octanol–water partition coefficient (Wildman–Crippen LogP) is 1.77. The highest BCUT2D eigenvalue weighted by atomic mass is 16.5. The van der Waals surface area contributed by atoms with Crippen LogP contribution >= 0.6 is 0 Å². The third kappa shape index (κ3) is 4.47. The number of aromatic nitrogens is 4. The van der Waals surface area contributed by atoms with Crippen LogP contribution in [0.3, 0.4) is 0 Å². The molecule has 0 aliphatic heterocycles. The van der Waals surface area contributed by atoms with E-state index in [2.05, 4.69) is 20.8 Å². The topological polar surface area (TPSA) is 99.0 Å². The molecule has 1 aromatic heterocycles.